The molecule has 2 heterocycles. The predicted molar refractivity (Wildman–Crippen MR) is 110 cm³/mol. The number of aromatic amines is 2. The number of H-pyrrole nitrogens is 2. The van der Waals surface area contributed by atoms with Gasteiger partial charge < -0.3 is 14.7 Å². The first kappa shape index (κ1) is 15.7. The van der Waals surface area contributed by atoms with E-state index in [0.29, 0.717) is 0 Å². The molecular weight excluding hydrogens is 334 g/mol. The Bertz CT molecular complexity index is 1270. The van der Waals surface area contributed by atoms with Gasteiger partial charge in [0.1, 0.15) is 11.6 Å². The molecule has 0 bridgehead atoms. The van der Waals surface area contributed by atoms with Gasteiger partial charge in [0.15, 0.2) is 0 Å². The summed E-state index contributed by atoms with van der Waals surface area (Å²) in [5.74, 6) is 1.68. The standard InChI is InChI=1S/C23H19N3O/c1-14-8-10-19-20(12-14)26-23(25-19)21-17-13-16(27-2)9-11-18(17)24-22(21)15-6-4-3-5-7-15/h3-13,24H,1-2H3,(H,25,26). The minimum absolute atomic E-state index is 0.828. The predicted octanol–water partition coefficient (Wildman–Crippen LogP) is 5.70. The van der Waals surface area contributed by atoms with Crippen molar-refractivity contribution < 1.29 is 4.74 Å². The highest BCUT2D eigenvalue weighted by Gasteiger charge is 2.18. The molecule has 0 saturated heterocycles. The molecule has 5 rings (SSSR count). The molecular formula is C23H19N3O. The van der Waals surface area contributed by atoms with Gasteiger partial charge in [-0.2, -0.15) is 0 Å². The van der Waals surface area contributed by atoms with Crippen molar-refractivity contribution in [2.45, 2.75) is 6.92 Å². The second kappa shape index (κ2) is 6.02. The van der Waals surface area contributed by atoms with E-state index in [2.05, 4.69) is 59.4 Å². The first-order chi connectivity index (χ1) is 13.2. The van der Waals surface area contributed by atoms with Crippen molar-refractivity contribution in [1.82, 2.24) is 15.0 Å². The first-order valence-corrected chi connectivity index (χ1v) is 8.95. The highest BCUT2D eigenvalue weighted by molar-refractivity contribution is 6.03. The quantitative estimate of drug-likeness (QED) is 0.437. The van der Waals surface area contributed by atoms with E-state index in [9.17, 15) is 0 Å². The van der Waals surface area contributed by atoms with E-state index in [4.69, 9.17) is 9.72 Å². The third kappa shape index (κ3) is 2.57. The van der Waals surface area contributed by atoms with Gasteiger partial charge in [0.05, 0.1) is 29.4 Å². The van der Waals surface area contributed by atoms with Crippen LogP contribution in [0.25, 0.3) is 44.6 Å². The Morgan fingerprint density at radius 1 is 0.852 bits per heavy atom. The Balaban J connectivity index is 1.84. The van der Waals surface area contributed by atoms with Crippen LogP contribution < -0.4 is 4.74 Å². The number of imidazole rings is 1. The Labute approximate surface area is 156 Å². The van der Waals surface area contributed by atoms with E-state index in [0.717, 1.165) is 50.3 Å². The lowest BCUT2D eigenvalue weighted by Crippen LogP contribution is -1.85. The van der Waals surface area contributed by atoms with Gasteiger partial charge in [-0.3, -0.25) is 0 Å². The number of benzene rings is 3. The molecule has 0 aliphatic carbocycles. The Morgan fingerprint density at radius 2 is 1.70 bits per heavy atom. The van der Waals surface area contributed by atoms with Crippen LogP contribution in [0, 0.1) is 6.92 Å². The van der Waals surface area contributed by atoms with Crippen molar-refractivity contribution >= 4 is 21.9 Å². The Kier molecular flexibility index (Phi) is 3.50. The zero-order valence-corrected chi connectivity index (χ0v) is 15.2. The normalized spacial score (nSPS) is 11.3. The summed E-state index contributed by atoms with van der Waals surface area (Å²) < 4.78 is 5.46. The average molecular weight is 353 g/mol. The molecule has 0 spiro atoms. The van der Waals surface area contributed by atoms with Crippen molar-refractivity contribution in [2.75, 3.05) is 7.11 Å². The second-order valence-electron chi connectivity index (χ2n) is 6.76. The first-order valence-electron chi connectivity index (χ1n) is 8.95. The number of ether oxygens (including phenoxy) is 1. The number of nitrogens with one attached hydrogen (secondary N) is 2. The van der Waals surface area contributed by atoms with Crippen LogP contribution in [-0.2, 0) is 0 Å². The van der Waals surface area contributed by atoms with Crippen LogP contribution in [-0.4, -0.2) is 22.1 Å². The van der Waals surface area contributed by atoms with Gasteiger partial charge in [0, 0.05) is 10.9 Å². The van der Waals surface area contributed by atoms with E-state index in [1.165, 1.54) is 5.56 Å². The molecule has 27 heavy (non-hydrogen) atoms. The van der Waals surface area contributed by atoms with Crippen LogP contribution >= 0.6 is 0 Å². The van der Waals surface area contributed by atoms with Crippen molar-refractivity contribution in [3.8, 4) is 28.4 Å². The minimum atomic E-state index is 0.828. The van der Waals surface area contributed by atoms with Crippen LogP contribution in [0.5, 0.6) is 5.75 Å². The lowest BCUT2D eigenvalue weighted by atomic mass is 10.0. The molecule has 4 nitrogen and oxygen atoms in total. The van der Waals surface area contributed by atoms with E-state index in [-0.39, 0.29) is 0 Å². The molecule has 0 aliphatic heterocycles. The van der Waals surface area contributed by atoms with Crippen LogP contribution in [0.1, 0.15) is 5.56 Å². The Hall–Kier alpha value is -3.53. The molecule has 0 amide bonds. The van der Waals surface area contributed by atoms with Gasteiger partial charge in [-0.05, 0) is 48.4 Å². The van der Waals surface area contributed by atoms with Gasteiger partial charge in [0.2, 0.25) is 0 Å². The molecule has 2 aromatic heterocycles. The summed E-state index contributed by atoms with van der Waals surface area (Å²) in [6.45, 7) is 2.09. The largest absolute Gasteiger partial charge is 0.497 e. The number of aromatic nitrogens is 3. The van der Waals surface area contributed by atoms with E-state index >= 15 is 0 Å². The third-order valence-corrected chi connectivity index (χ3v) is 4.94. The number of rotatable bonds is 3. The molecule has 0 fully saturated rings. The number of hydrogen-bond donors (Lipinski definition) is 2. The smallest absolute Gasteiger partial charge is 0.141 e. The number of fused-ring (bicyclic) bond motifs is 2. The summed E-state index contributed by atoms with van der Waals surface area (Å²) in [5.41, 5.74) is 7.51. The molecule has 2 N–H and O–H groups in total. The van der Waals surface area contributed by atoms with Gasteiger partial charge in [0.25, 0.3) is 0 Å². The average Bonchev–Trinajstić information content (AvgIpc) is 3.28. The maximum Gasteiger partial charge on any atom is 0.141 e. The zero-order valence-electron chi connectivity index (χ0n) is 15.2. The summed E-state index contributed by atoms with van der Waals surface area (Å²) in [4.78, 5) is 11.9. The molecule has 0 atom stereocenters. The maximum atomic E-state index is 5.46. The van der Waals surface area contributed by atoms with Crippen LogP contribution in [0.4, 0.5) is 0 Å². The lowest BCUT2D eigenvalue weighted by Gasteiger charge is -2.03. The van der Waals surface area contributed by atoms with Gasteiger partial charge >= 0.3 is 0 Å². The van der Waals surface area contributed by atoms with Crippen molar-refractivity contribution in [3.63, 3.8) is 0 Å². The second-order valence-corrected chi connectivity index (χ2v) is 6.76. The molecule has 0 unspecified atom stereocenters. The van der Waals surface area contributed by atoms with Gasteiger partial charge in [-0.15, -0.1) is 0 Å². The summed E-state index contributed by atoms with van der Waals surface area (Å²) in [6.07, 6.45) is 0. The van der Waals surface area contributed by atoms with Crippen LogP contribution in [0.3, 0.4) is 0 Å². The fourth-order valence-corrected chi connectivity index (χ4v) is 3.61. The number of hydrogen-bond acceptors (Lipinski definition) is 2. The monoisotopic (exact) mass is 353 g/mol. The topological polar surface area (TPSA) is 53.7 Å². The fourth-order valence-electron chi connectivity index (χ4n) is 3.61. The van der Waals surface area contributed by atoms with Crippen molar-refractivity contribution in [2.24, 2.45) is 0 Å². The molecule has 132 valence electrons. The molecule has 3 aromatic carbocycles. The number of methoxy groups -OCH3 is 1. The molecule has 0 saturated carbocycles. The maximum absolute atomic E-state index is 5.46. The molecule has 4 heteroatoms. The molecule has 5 aromatic rings. The summed E-state index contributed by atoms with van der Waals surface area (Å²) in [5, 5.41) is 1.09. The molecule has 0 aliphatic rings. The van der Waals surface area contributed by atoms with Crippen molar-refractivity contribution in [1.29, 1.82) is 0 Å². The summed E-state index contributed by atoms with van der Waals surface area (Å²) in [7, 11) is 1.69. The Morgan fingerprint density at radius 3 is 2.52 bits per heavy atom. The number of aryl methyl sites for hydroxylation is 1. The highest BCUT2D eigenvalue weighted by atomic mass is 16.5. The highest BCUT2D eigenvalue weighted by Crippen LogP contribution is 2.39. The van der Waals surface area contributed by atoms with E-state index in [1.807, 2.05) is 24.3 Å². The third-order valence-electron chi connectivity index (χ3n) is 4.94. The summed E-state index contributed by atoms with van der Waals surface area (Å²) in [6, 6.07) is 22.7. The minimum Gasteiger partial charge on any atom is -0.497 e. The SMILES string of the molecule is COc1ccc2[nH]c(-c3ccccc3)c(-c3nc4ccc(C)cc4[nH]3)c2c1. The fraction of sp³-hybridized carbons (Fsp3) is 0.0870. The van der Waals surface area contributed by atoms with Gasteiger partial charge in [-0.25, -0.2) is 4.98 Å². The van der Waals surface area contributed by atoms with Crippen LogP contribution in [0.15, 0.2) is 66.7 Å². The zero-order chi connectivity index (χ0) is 18.4. The number of nitrogens with zero attached hydrogens (tertiary/aromatic N) is 1. The van der Waals surface area contributed by atoms with E-state index in [1.54, 1.807) is 7.11 Å². The molecule has 0 radical (unpaired) electrons. The lowest BCUT2D eigenvalue weighted by molar-refractivity contribution is 0.415. The van der Waals surface area contributed by atoms with E-state index < -0.39 is 0 Å². The summed E-state index contributed by atoms with van der Waals surface area (Å²) >= 11 is 0. The van der Waals surface area contributed by atoms with Crippen LogP contribution in [0.2, 0.25) is 0 Å². The van der Waals surface area contributed by atoms with Crippen molar-refractivity contribution in [3.05, 3.63) is 72.3 Å². The van der Waals surface area contributed by atoms with Gasteiger partial charge in [-0.1, -0.05) is 36.4 Å².